The van der Waals surface area contributed by atoms with E-state index in [9.17, 15) is 13.2 Å². The fraction of sp³-hybridized carbons (Fsp3) is 0.240. The van der Waals surface area contributed by atoms with E-state index in [0.717, 1.165) is 11.3 Å². The van der Waals surface area contributed by atoms with Crippen molar-refractivity contribution in [1.82, 2.24) is 9.21 Å². The number of nitrogens with one attached hydrogen (secondary N) is 1. The Morgan fingerprint density at radius 2 is 1.48 bits per heavy atom. The fourth-order valence-electron chi connectivity index (χ4n) is 3.18. The lowest BCUT2D eigenvalue weighted by molar-refractivity contribution is -0.117. The summed E-state index contributed by atoms with van der Waals surface area (Å²) in [5, 5.41) is 2.80. The maximum atomic E-state index is 12.8. The number of likely N-dealkylation sites (N-methyl/N-ethyl adjacent to an activating group) is 1. The Balaban J connectivity index is 1.48. The molecule has 1 N–H and O–H groups in total. The van der Waals surface area contributed by atoms with E-state index in [0.29, 0.717) is 18.8 Å². The summed E-state index contributed by atoms with van der Waals surface area (Å²) in [6, 6.07) is 25.1. The highest BCUT2D eigenvalue weighted by Gasteiger charge is 2.21. The molecule has 33 heavy (non-hydrogen) atoms. The lowest BCUT2D eigenvalue weighted by Gasteiger charge is -2.18. The first-order chi connectivity index (χ1) is 15.8. The summed E-state index contributed by atoms with van der Waals surface area (Å²) in [6.07, 6.45) is 0. The van der Waals surface area contributed by atoms with E-state index in [1.807, 2.05) is 72.6 Å². The van der Waals surface area contributed by atoms with Crippen LogP contribution >= 0.6 is 0 Å². The van der Waals surface area contributed by atoms with Gasteiger partial charge < -0.3 is 10.1 Å². The van der Waals surface area contributed by atoms with E-state index in [1.54, 1.807) is 19.2 Å². The Morgan fingerprint density at radius 3 is 2.12 bits per heavy atom. The molecule has 0 radical (unpaired) electrons. The van der Waals surface area contributed by atoms with E-state index < -0.39 is 10.0 Å². The summed E-state index contributed by atoms with van der Waals surface area (Å²) in [5.41, 5.74) is 1.45. The van der Waals surface area contributed by atoms with Crippen molar-refractivity contribution in [1.29, 1.82) is 0 Å². The topological polar surface area (TPSA) is 79.0 Å². The van der Waals surface area contributed by atoms with Crippen molar-refractivity contribution in [3.63, 3.8) is 0 Å². The monoisotopic (exact) mass is 467 g/mol. The molecular formula is C25H29N3O4S. The van der Waals surface area contributed by atoms with Gasteiger partial charge in [0.15, 0.2) is 0 Å². The molecule has 3 rings (SSSR count). The van der Waals surface area contributed by atoms with Crippen LogP contribution in [0.4, 0.5) is 5.69 Å². The molecule has 174 valence electrons. The second-order valence-electron chi connectivity index (χ2n) is 7.72. The van der Waals surface area contributed by atoms with E-state index in [2.05, 4.69) is 5.32 Å². The molecule has 0 bridgehead atoms. The maximum Gasteiger partial charge on any atom is 0.243 e. The highest BCUT2D eigenvalue weighted by Crippen LogP contribution is 2.19. The van der Waals surface area contributed by atoms with E-state index in [1.165, 1.54) is 16.4 Å². The van der Waals surface area contributed by atoms with Gasteiger partial charge in [-0.3, -0.25) is 9.69 Å². The molecule has 0 aliphatic rings. The Labute approximate surface area is 195 Å². The molecule has 8 heteroatoms. The molecular weight excluding hydrogens is 438 g/mol. The zero-order valence-corrected chi connectivity index (χ0v) is 19.7. The third kappa shape index (κ3) is 7.42. The number of sulfonamides is 1. The van der Waals surface area contributed by atoms with Crippen molar-refractivity contribution in [2.24, 2.45) is 0 Å². The van der Waals surface area contributed by atoms with Crippen molar-refractivity contribution in [3.05, 3.63) is 90.5 Å². The van der Waals surface area contributed by atoms with Gasteiger partial charge in [-0.2, -0.15) is 4.31 Å². The standard InChI is InChI=1S/C25H29N3O4S/c1-27(17-18-32-23-11-7-4-8-12-23)20-25(29)26-22-13-15-24(16-14-22)33(30,31)28(2)19-21-9-5-3-6-10-21/h3-16H,17-20H2,1-2H3,(H,26,29). The number of amides is 1. The zero-order valence-electron chi connectivity index (χ0n) is 18.8. The SMILES string of the molecule is CN(CCOc1ccccc1)CC(=O)Nc1ccc(S(=O)(=O)N(C)Cc2ccccc2)cc1. The lowest BCUT2D eigenvalue weighted by Crippen LogP contribution is -2.33. The molecule has 0 atom stereocenters. The van der Waals surface area contributed by atoms with Gasteiger partial charge in [-0.05, 0) is 49.0 Å². The first-order valence-corrected chi connectivity index (χ1v) is 12.0. The van der Waals surface area contributed by atoms with Crippen LogP contribution in [0.15, 0.2) is 89.8 Å². The van der Waals surface area contributed by atoms with Crippen LogP contribution in [-0.2, 0) is 21.4 Å². The Hall–Kier alpha value is -3.20. The number of carbonyl (C=O) groups is 1. The fourth-order valence-corrected chi connectivity index (χ4v) is 4.34. The molecule has 3 aromatic carbocycles. The molecule has 0 unspecified atom stereocenters. The summed E-state index contributed by atoms with van der Waals surface area (Å²) in [7, 11) is -0.246. The van der Waals surface area contributed by atoms with Crippen LogP contribution in [0.1, 0.15) is 5.56 Å². The Kier molecular flexibility index (Phi) is 8.59. The minimum Gasteiger partial charge on any atom is -0.492 e. The summed E-state index contributed by atoms with van der Waals surface area (Å²) in [4.78, 5) is 14.4. The molecule has 0 aromatic heterocycles. The molecule has 0 saturated heterocycles. The minimum atomic E-state index is -3.64. The molecule has 7 nitrogen and oxygen atoms in total. The largest absolute Gasteiger partial charge is 0.492 e. The van der Waals surface area contributed by atoms with Gasteiger partial charge in [-0.25, -0.2) is 8.42 Å². The van der Waals surface area contributed by atoms with Crippen LogP contribution in [0.2, 0.25) is 0 Å². The highest BCUT2D eigenvalue weighted by atomic mass is 32.2. The first kappa shape index (κ1) is 24.4. The third-order valence-corrected chi connectivity index (χ3v) is 6.81. The number of para-hydroxylation sites is 1. The van der Waals surface area contributed by atoms with Crippen LogP contribution in [0.3, 0.4) is 0 Å². The predicted molar refractivity (Wildman–Crippen MR) is 130 cm³/mol. The van der Waals surface area contributed by atoms with Gasteiger partial charge in [0.2, 0.25) is 15.9 Å². The summed E-state index contributed by atoms with van der Waals surface area (Å²) >= 11 is 0. The number of carbonyl (C=O) groups excluding carboxylic acids is 1. The van der Waals surface area contributed by atoms with E-state index in [-0.39, 0.29) is 23.9 Å². The van der Waals surface area contributed by atoms with Crippen molar-refractivity contribution < 1.29 is 17.9 Å². The average Bonchev–Trinajstić information content (AvgIpc) is 2.80. The molecule has 0 aliphatic carbocycles. The van der Waals surface area contributed by atoms with Crippen molar-refractivity contribution in [2.75, 3.05) is 39.1 Å². The second-order valence-corrected chi connectivity index (χ2v) is 9.76. The van der Waals surface area contributed by atoms with E-state index in [4.69, 9.17) is 4.74 Å². The summed E-state index contributed by atoms with van der Waals surface area (Å²) in [5.74, 6) is 0.605. The molecule has 1 amide bonds. The maximum absolute atomic E-state index is 12.8. The van der Waals surface area contributed by atoms with Gasteiger partial charge in [0.05, 0.1) is 11.4 Å². The van der Waals surface area contributed by atoms with Gasteiger partial charge in [-0.1, -0.05) is 48.5 Å². The molecule has 3 aromatic rings. The van der Waals surface area contributed by atoms with Gasteiger partial charge in [0.25, 0.3) is 0 Å². The second kappa shape index (κ2) is 11.6. The van der Waals surface area contributed by atoms with Crippen molar-refractivity contribution >= 4 is 21.6 Å². The van der Waals surface area contributed by atoms with Crippen LogP contribution in [0.5, 0.6) is 5.75 Å². The summed E-state index contributed by atoms with van der Waals surface area (Å²) in [6.45, 7) is 1.53. The van der Waals surface area contributed by atoms with Crippen molar-refractivity contribution in [3.8, 4) is 5.75 Å². The number of hydrogen-bond donors (Lipinski definition) is 1. The van der Waals surface area contributed by atoms with Gasteiger partial charge in [0, 0.05) is 25.8 Å². The van der Waals surface area contributed by atoms with Gasteiger partial charge in [-0.15, -0.1) is 0 Å². The number of rotatable bonds is 11. The molecule has 0 spiro atoms. The third-order valence-electron chi connectivity index (χ3n) is 4.99. The van der Waals surface area contributed by atoms with Gasteiger partial charge >= 0.3 is 0 Å². The average molecular weight is 468 g/mol. The molecule has 0 fully saturated rings. The normalized spacial score (nSPS) is 11.5. The molecule has 0 heterocycles. The number of anilines is 1. The van der Waals surface area contributed by atoms with Gasteiger partial charge in [0.1, 0.15) is 12.4 Å². The van der Waals surface area contributed by atoms with Crippen LogP contribution in [-0.4, -0.2) is 57.3 Å². The lowest BCUT2D eigenvalue weighted by atomic mass is 10.2. The van der Waals surface area contributed by atoms with Crippen LogP contribution < -0.4 is 10.1 Å². The molecule has 0 saturated carbocycles. The van der Waals surface area contributed by atoms with E-state index >= 15 is 0 Å². The van der Waals surface area contributed by atoms with Crippen molar-refractivity contribution in [2.45, 2.75) is 11.4 Å². The number of hydrogen-bond acceptors (Lipinski definition) is 5. The predicted octanol–water partition coefficient (Wildman–Crippen LogP) is 3.46. The zero-order chi connectivity index (χ0) is 23.7. The van der Waals surface area contributed by atoms with Crippen LogP contribution in [0, 0.1) is 0 Å². The Morgan fingerprint density at radius 1 is 0.879 bits per heavy atom. The number of benzene rings is 3. The first-order valence-electron chi connectivity index (χ1n) is 10.6. The smallest absolute Gasteiger partial charge is 0.243 e. The molecule has 0 aliphatic heterocycles. The minimum absolute atomic E-state index is 0.175. The quantitative estimate of drug-likeness (QED) is 0.467. The van der Waals surface area contributed by atoms with Crippen LogP contribution in [0.25, 0.3) is 0 Å². The highest BCUT2D eigenvalue weighted by molar-refractivity contribution is 7.89. The summed E-state index contributed by atoms with van der Waals surface area (Å²) < 4.78 is 32.6. The number of nitrogens with zero attached hydrogens (tertiary/aromatic N) is 2. The number of ether oxygens (including phenoxy) is 1. The Bertz CT molecular complexity index is 1120.